The second-order valence-corrected chi connectivity index (χ2v) is 6.57. The van der Waals surface area contributed by atoms with E-state index < -0.39 is 0 Å². The zero-order valence-electron chi connectivity index (χ0n) is 10.8. The maximum atomic E-state index is 6.14. The Balaban J connectivity index is 1.70. The van der Waals surface area contributed by atoms with E-state index in [0.717, 1.165) is 24.2 Å². The van der Waals surface area contributed by atoms with Gasteiger partial charge in [-0.2, -0.15) is 0 Å². The summed E-state index contributed by atoms with van der Waals surface area (Å²) in [5.74, 6) is 3.21. The Kier molecular flexibility index (Phi) is 3.68. The number of fused-ring (bicyclic) bond motifs is 2. The molecule has 2 aliphatic carbocycles. The van der Waals surface area contributed by atoms with Crippen LogP contribution in [0.5, 0.6) is 5.75 Å². The van der Waals surface area contributed by atoms with Crippen molar-refractivity contribution in [3.8, 4) is 5.75 Å². The van der Waals surface area contributed by atoms with Crippen molar-refractivity contribution >= 4 is 28.8 Å². The van der Waals surface area contributed by atoms with Gasteiger partial charge in [0.25, 0.3) is 0 Å². The molecule has 1 aromatic rings. The smallest absolute Gasteiger partial charge is 0.130 e. The molecule has 3 atom stereocenters. The van der Waals surface area contributed by atoms with E-state index in [-0.39, 0.29) is 0 Å². The molecule has 0 aliphatic heterocycles. The van der Waals surface area contributed by atoms with Crippen molar-refractivity contribution in [2.45, 2.75) is 25.7 Å². The SMILES string of the molecule is NC(=S)c1c(Cl)cccc1OCC1CC2CCC1C2. The van der Waals surface area contributed by atoms with Gasteiger partial charge in [0.1, 0.15) is 10.7 Å². The van der Waals surface area contributed by atoms with Crippen LogP contribution in [0.3, 0.4) is 0 Å². The Hall–Kier alpha value is -0.800. The first-order chi connectivity index (χ1) is 9.15. The van der Waals surface area contributed by atoms with Gasteiger partial charge >= 0.3 is 0 Å². The van der Waals surface area contributed by atoms with Gasteiger partial charge in [0, 0.05) is 0 Å². The van der Waals surface area contributed by atoms with Gasteiger partial charge in [-0.25, -0.2) is 0 Å². The van der Waals surface area contributed by atoms with Crippen LogP contribution < -0.4 is 10.5 Å². The molecule has 0 saturated heterocycles. The molecule has 2 N–H and O–H groups in total. The summed E-state index contributed by atoms with van der Waals surface area (Å²) >= 11 is 11.2. The summed E-state index contributed by atoms with van der Waals surface area (Å²) in [5.41, 5.74) is 6.40. The number of nitrogens with two attached hydrogens (primary N) is 1. The highest BCUT2D eigenvalue weighted by atomic mass is 35.5. The minimum absolute atomic E-state index is 0.300. The summed E-state index contributed by atoms with van der Waals surface area (Å²) in [5, 5.41) is 0.568. The predicted octanol–water partition coefficient (Wildman–Crippen LogP) is 3.79. The van der Waals surface area contributed by atoms with Crippen molar-refractivity contribution in [2.75, 3.05) is 6.61 Å². The summed E-state index contributed by atoms with van der Waals surface area (Å²) in [7, 11) is 0. The molecule has 0 amide bonds. The van der Waals surface area contributed by atoms with Gasteiger partial charge in [0.2, 0.25) is 0 Å². The van der Waals surface area contributed by atoms with Crippen molar-refractivity contribution < 1.29 is 4.74 Å². The van der Waals surface area contributed by atoms with Crippen LogP contribution >= 0.6 is 23.8 Å². The standard InChI is InChI=1S/C15H18ClNOS/c16-12-2-1-3-13(14(12)15(17)19)18-8-11-7-9-4-5-10(11)6-9/h1-3,9-11H,4-8H2,(H2,17,19). The summed E-state index contributed by atoms with van der Waals surface area (Å²) < 4.78 is 5.96. The first-order valence-corrected chi connectivity index (χ1v) is 7.65. The second-order valence-electron chi connectivity index (χ2n) is 5.72. The number of thiocarbonyl (C=S) groups is 1. The minimum atomic E-state index is 0.300. The maximum absolute atomic E-state index is 6.14. The third kappa shape index (κ3) is 2.59. The lowest BCUT2D eigenvalue weighted by molar-refractivity contribution is 0.195. The van der Waals surface area contributed by atoms with Crippen LogP contribution in [0.25, 0.3) is 0 Å². The lowest BCUT2D eigenvalue weighted by Crippen LogP contribution is -2.20. The minimum Gasteiger partial charge on any atom is -0.492 e. The molecule has 0 spiro atoms. The molecule has 0 aromatic heterocycles. The van der Waals surface area contributed by atoms with Crippen molar-refractivity contribution in [1.29, 1.82) is 0 Å². The monoisotopic (exact) mass is 295 g/mol. The highest BCUT2D eigenvalue weighted by molar-refractivity contribution is 7.80. The average Bonchev–Trinajstić information content (AvgIpc) is 2.97. The van der Waals surface area contributed by atoms with Crippen LogP contribution in [-0.2, 0) is 0 Å². The number of benzene rings is 1. The van der Waals surface area contributed by atoms with Crippen LogP contribution in [0.1, 0.15) is 31.2 Å². The van der Waals surface area contributed by atoms with Gasteiger partial charge in [0.05, 0.1) is 17.2 Å². The Labute approximate surface area is 124 Å². The van der Waals surface area contributed by atoms with Crippen molar-refractivity contribution in [3.63, 3.8) is 0 Å². The van der Waals surface area contributed by atoms with Crippen LogP contribution in [0.15, 0.2) is 18.2 Å². The third-order valence-electron chi connectivity index (χ3n) is 4.56. The van der Waals surface area contributed by atoms with E-state index in [4.69, 9.17) is 34.3 Å². The largest absolute Gasteiger partial charge is 0.492 e. The fourth-order valence-corrected chi connectivity index (χ4v) is 4.18. The fourth-order valence-electron chi connectivity index (χ4n) is 3.64. The Morgan fingerprint density at radius 1 is 1.37 bits per heavy atom. The van der Waals surface area contributed by atoms with E-state index >= 15 is 0 Å². The highest BCUT2D eigenvalue weighted by Crippen LogP contribution is 2.48. The summed E-state index contributed by atoms with van der Waals surface area (Å²) in [6.07, 6.45) is 5.49. The topological polar surface area (TPSA) is 35.2 Å². The molecule has 2 fully saturated rings. The zero-order valence-corrected chi connectivity index (χ0v) is 12.3. The van der Waals surface area contributed by atoms with E-state index in [0.29, 0.717) is 21.5 Å². The molecule has 2 bridgehead atoms. The van der Waals surface area contributed by atoms with E-state index in [1.807, 2.05) is 12.1 Å². The Morgan fingerprint density at radius 2 is 2.21 bits per heavy atom. The first kappa shape index (κ1) is 13.2. The first-order valence-electron chi connectivity index (χ1n) is 6.86. The lowest BCUT2D eigenvalue weighted by atomic mass is 9.89. The summed E-state index contributed by atoms with van der Waals surface area (Å²) in [6.45, 7) is 0.761. The van der Waals surface area contributed by atoms with Gasteiger partial charge in [-0.1, -0.05) is 36.3 Å². The van der Waals surface area contributed by atoms with Gasteiger partial charge in [-0.05, 0) is 49.1 Å². The number of hydrogen-bond acceptors (Lipinski definition) is 2. The molecule has 2 saturated carbocycles. The lowest BCUT2D eigenvalue weighted by Gasteiger charge is -2.22. The molecule has 3 unspecified atom stereocenters. The molecule has 1 aromatic carbocycles. The van der Waals surface area contributed by atoms with Crippen LogP contribution in [0, 0.1) is 17.8 Å². The molecule has 2 aliphatic rings. The molecular weight excluding hydrogens is 278 g/mol. The molecule has 3 rings (SSSR count). The van der Waals surface area contributed by atoms with Crippen molar-refractivity contribution in [1.82, 2.24) is 0 Å². The maximum Gasteiger partial charge on any atom is 0.130 e. The van der Waals surface area contributed by atoms with Crippen LogP contribution in [0.4, 0.5) is 0 Å². The van der Waals surface area contributed by atoms with E-state index in [1.165, 1.54) is 25.7 Å². The number of hydrogen-bond donors (Lipinski definition) is 1. The third-order valence-corrected chi connectivity index (χ3v) is 5.08. The van der Waals surface area contributed by atoms with E-state index in [2.05, 4.69) is 0 Å². The van der Waals surface area contributed by atoms with Crippen LogP contribution in [0.2, 0.25) is 5.02 Å². The van der Waals surface area contributed by atoms with E-state index in [1.54, 1.807) is 6.07 Å². The van der Waals surface area contributed by atoms with Gasteiger partial charge in [-0.3, -0.25) is 0 Å². The summed E-state index contributed by atoms with van der Waals surface area (Å²) in [6, 6.07) is 5.56. The van der Waals surface area contributed by atoms with Gasteiger partial charge in [-0.15, -0.1) is 0 Å². The van der Waals surface area contributed by atoms with Gasteiger partial charge in [0.15, 0.2) is 0 Å². The second kappa shape index (κ2) is 5.29. The quantitative estimate of drug-likeness (QED) is 0.859. The number of ether oxygens (including phenoxy) is 1. The highest BCUT2D eigenvalue weighted by Gasteiger charge is 2.39. The Morgan fingerprint density at radius 3 is 2.84 bits per heavy atom. The van der Waals surface area contributed by atoms with Crippen molar-refractivity contribution in [2.24, 2.45) is 23.5 Å². The molecule has 2 nitrogen and oxygen atoms in total. The van der Waals surface area contributed by atoms with Crippen LogP contribution in [-0.4, -0.2) is 11.6 Å². The fraction of sp³-hybridized carbons (Fsp3) is 0.533. The molecular formula is C15H18ClNOS. The van der Waals surface area contributed by atoms with E-state index in [9.17, 15) is 0 Å². The number of rotatable bonds is 4. The number of halogens is 1. The van der Waals surface area contributed by atoms with Crippen molar-refractivity contribution in [3.05, 3.63) is 28.8 Å². The zero-order chi connectivity index (χ0) is 13.4. The summed E-state index contributed by atoms with van der Waals surface area (Å²) in [4.78, 5) is 0.300. The predicted molar refractivity (Wildman–Crippen MR) is 81.8 cm³/mol. The average molecular weight is 296 g/mol. The molecule has 102 valence electrons. The Bertz CT molecular complexity index is 505. The molecule has 0 radical (unpaired) electrons. The molecule has 19 heavy (non-hydrogen) atoms. The molecule has 4 heteroatoms. The van der Waals surface area contributed by atoms with Gasteiger partial charge < -0.3 is 10.5 Å². The normalized spacial score (nSPS) is 28.6. The molecule has 0 heterocycles.